The van der Waals surface area contributed by atoms with Gasteiger partial charge in [-0.3, -0.25) is 14.7 Å². The van der Waals surface area contributed by atoms with Crippen molar-refractivity contribution in [1.29, 1.82) is 0 Å². The lowest BCUT2D eigenvalue weighted by Gasteiger charge is -2.14. The first-order valence-corrected chi connectivity index (χ1v) is 9.45. The van der Waals surface area contributed by atoms with Crippen molar-refractivity contribution in [3.05, 3.63) is 59.8 Å². The van der Waals surface area contributed by atoms with Gasteiger partial charge in [0.25, 0.3) is 11.8 Å². The molecule has 0 saturated heterocycles. The van der Waals surface area contributed by atoms with Crippen LogP contribution >= 0.6 is 0 Å². The fourth-order valence-corrected chi connectivity index (χ4v) is 3.92. The molecule has 2 amide bonds. The lowest BCUT2D eigenvalue weighted by molar-refractivity contribution is 0.0926. The summed E-state index contributed by atoms with van der Waals surface area (Å²) >= 11 is 0. The first kappa shape index (κ1) is 17.5. The van der Waals surface area contributed by atoms with Gasteiger partial charge in [-0.05, 0) is 36.4 Å². The van der Waals surface area contributed by atoms with Crippen molar-refractivity contribution in [2.24, 2.45) is 0 Å². The predicted octanol–water partition coefficient (Wildman–Crippen LogP) is 3.16. The van der Waals surface area contributed by atoms with Crippen LogP contribution in [0.4, 0.5) is 5.69 Å². The van der Waals surface area contributed by atoms with Crippen LogP contribution in [0.25, 0.3) is 22.3 Å². The third-order valence-corrected chi connectivity index (χ3v) is 5.43. The number of carbonyl (C=O) groups excluding carboxylic acids is 2. The number of benzene rings is 2. The molecule has 0 fully saturated rings. The Morgan fingerprint density at radius 1 is 1.03 bits per heavy atom. The normalized spacial score (nSPS) is 14.4. The predicted molar refractivity (Wildman–Crippen MR) is 110 cm³/mol. The second-order valence-corrected chi connectivity index (χ2v) is 7.06. The number of H-pyrrole nitrogens is 1. The SMILES string of the molecule is COc1ccc(-c2[nH]nc3ncc4c(c23)C(=O)N(c2ccc3c(c2)OCO3)C4=O)cc1. The van der Waals surface area contributed by atoms with E-state index in [1.165, 1.54) is 6.20 Å². The van der Waals surface area contributed by atoms with Crippen molar-refractivity contribution in [2.75, 3.05) is 18.8 Å². The van der Waals surface area contributed by atoms with E-state index in [4.69, 9.17) is 14.2 Å². The summed E-state index contributed by atoms with van der Waals surface area (Å²) in [7, 11) is 1.59. The van der Waals surface area contributed by atoms with Crippen molar-refractivity contribution >= 4 is 28.5 Å². The molecule has 9 heteroatoms. The average molecular weight is 414 g/mol. The van der Waals surface area contributed by atoms with Crippen molar-refractivity contribution in [3.63, 3.8) is 0 Å². The lowest BCUT2D eigenvalue weighted by Crippen LogP contribution is -2.29. The van der Waals surface area contributed by atoms with E-state index in [9.17, 15) is 9.59 Å². The Morgan fingerprint density at radius 3 is 2.65 bits per heavy atom. The fraction of sp³-hybridized carbons (Fsp3) is 0.0909. The van der Waals surface area contributed by atoms with Crippen LogP contribution < -0.4 is 19.1 Å². The number of amides is 2. The number of aromatic nitrogens is 3. The van der Waals surface area contributed by atoms with Crippen molar-refractivity contribution in [1.82, 2.24) is 15.2 Å². The Balaban J connectivity index is 1.50. The van der Waals surface area contributed by atoms with Crippen molar-refractivity contribution in [2.45, 2.75) is 0 Å². The highest BCUT2D eigenvalue weighted by Gasteiger charge is 2.40. The molecule has 4 heterocycles. The minimum Gasteiger partial charge on any atom is -0.497 e. The summed E-state index contributed by atoms with van der Waals surface area (Å²) in [6, 6.07) is 12.3. The highest BCUT2D eigenvalue weighted by Crippen LogP contribution is 2.40. The van der Waals surface area contributed by atoms with E-state index >= 15 is 0 Å². The number of hydrogen-bond donors (Lipinski definition) is 1. The van der Waals surface area contributed by atoms with Gasteiger partial charge in [-0.1, -0.05) is 0 Å². The molecule has 0 radical (unpaired) electrons. The number of hydrogen-bond acceptors (Lipinski definition) is 7. The molecule has 1 N–H and O–H groups in total. The summed E-state index contributed by atoms with van der Waals surface area (Å²) in [4.78, 5) is 32.0. The number of rotatable bonds is 3. The summed E-state index contributed by atoms with van der Waals surface area (Å²) in [5, 5.41) is 7.69. The van der Waals surface area contributed by atoms with Gasteiger partial charge >= 0.3 is 0 Å². The number of pyridine rings is 1. The van der Waals surface area contributed by atoms with E-state index in [0.717, 1.165) is 10.5 Å². The third-order valence-electron chi connectivity index (χ3n) is 5.43. The molecule has 0 atom stereocenters. The highest BCUT2D eigenvalue weighted by molar-refractivity contribution is 6.38. The van der Waals surface area contributed by atoms with Gasteiger partial charge in [0.15, 0.2) is 17.1 Å². The van der Waals surface area contributed by atoms with Crippen molar-refractivity contribution < 1.29 is 23.8 Å². The number of nitrogens with zero attached hydrogens (tertiary/aromatic N) is 3. The van der Waals surface area contributed by atoms with Crippen LogP contribution in [0.2, 0.25) is 0 Å². The maximum atomic E-state index is 13.4. The van der Waals surface area contributed by atoms with E-state index in [0.29, 0.717) is 39.7 Å². The van der Waals surface area contributed by atoms with E-state index in [1.54, 1.807) is 25.3 Å². The fourth-order valence-electron chi connectivity index (χ4n) is 3.92. The lowest BCUT2D eigenvalue weighted by atomic mass is 10.0. The van der Waals surface area contributed by atoms with Crippen LogP contribution in [-0.4, -0.2) is 40.9 Å². The van der Waals surface area contributed by atoms with Gasteiger partial charge in [-0.25, -0.2) is 9.88 Å². The summed E-state index contributed by atoms with van der Waals surface area (Å²) < 4.78 is 15.9. The quantitative estimate of drug-likeness (QED) is 0.513. The Kier molecular flexibility index (Phi) is 3.55. The molecule has 0 bridgehead atoms. The molecule has 2 aromatic heterocycles. The van der Waals surface area contributed by atoms with Gasteiger partial charge in [-0.2, -0.15) is 5.10 Å². The van der Waals surface area contributed by atoms with E-state index in [-0.39, 0.29) is 17.9 Å². The highest BCUT2D eigenvalue weighted by atomic mass is 16.7. The summed E-state index contributed by atoms with van der Waals surface area (Å²) in [5.74, 6) is 0.870. The molecule has 0 unspecified atom stereocenters. The van der Waals surface area contributed by atoms with Crippen LogP contribution in [0.3, 0.4) is 0 Å². The molecule has 0 saturated carbocycles. The first-order chi connectivity index (χ1) is 15.2. The van der Waals surface area contributed by atoms with Gasteiger partial charge < -0.3 is 14.2 Å². The maximum Gasteiger partial charge on any atom is 0.267 e. The minimum atomic E-state index is -0.449. The average Bonchev–Trinajstić information content (AvgIpc) is 3.50. The molecular weight excluding hydrogens is 400 g/mol. The summed E-state index contributed by atoms with van der Waals surface area (Å²) in [5.41, 5.74) is 2.66. The van der Waals surface area contributed by atoms with Gasteiger partial charge in [0.1, 0.15) is 5.75 Å². The molecule has 0 aliphatic carbocycles. The Labute approximate surface area is 175 Å². The molecule has 6 rings (SSSR count). The number of aromatic amines is 1. The molecule has 4 aromatic rings. The maximum absolute atomic E-state index is 13.4. The van der Waals surface area contributed by atoms with Crippen LogP contribution in [0.5, 0.6) is 17.2 Å². The van der Waals surface area contributed by atoms with E-state index in [2.05, 4.69) is 15.2 Å². The largest absolute Gasteiger partial charge is 0.497 e. The van der Waals surface area contributed by atoms with Crippen LogP contribution in [-0.2, 0) is 0 Å². The zero-order chi connectivity index (χ0) is 21.1. The smallest absolute Gasteiger partial charge is 0.267 e. The molecule has 2 aliphatic rings. The van der Waals surface area contributed by atoms with E-state index in [1.807, 2.05) is 24.3 Å². The topological polar surface area (TPSA) is 107 Å². The number of carbonyl (C=O) groups is 2. The van der Waals surface area contributed by atoms with Gasteiger partial charge in [-0.15, -0.1) is 0 Å². The van der Waals surface area contributed by atoms with Crippen LogP contribution in [0.15, 0.2) is 48.7 Å². The molecule has 9 nitrogen and oxygen atoms in total. The molecule has 2 aliphatic heterocycles. The van der Waals surface area contributed by atoms with Crippen molar-refractivity contribution in [3.8, 4) is 28.5 Å². The Morgan fingerprint density at radius 2 is 1.84 bits per heavy atom. The molecule has 152 valence electrons. The number of methoxy groups -OCH3 is 1. The van der Waals surface area contributed by atoms with Gasteiger partial charge in [0, 0.05) is 17.8 Å². The molecule has 2 aromatic carbocycles. The van der Waals surface area contributed by atoms with E-state index < -0.39 is 11.8 Å². The minimum absolute atomic E-state index is 0.103. The van der Waals surface area contributed by atoms with Crippen LogP contribution in [0.1, 0.15) is 20.7 Å². The molecule has 0 spiro atoms. The third kappa shape index (κ3) is 2.43. The number of ether oxygens (including phenoxy) is 3. The molecular formula is C22H14N4O5. The second kappa shape index (κ2) is 6.30. The monoisotopic (exact) mass is 414 g/mol. The van der Waals surface area contributed by atoms with Gasteiger partial charge in [0.05, 0.1) is 35.0 Å². The number of imide groups is 1. The number of nitrogens with one attached hydrogen (secondary N) is 1. The number of anilines is 1. The first-order valence-electron chi connectivity index (χ1n) is 9.45. The standard InChI is InChI=1S/C22H14N4O5/c1-29-13-5-2-11(3-6-13)19-18-17-14(9-23-20(18)25-24-19)21(27)26(22(17)28)12-4-7-15-16(8-12)31-10-30-15/h2-9H,10H2,1H3,(H,23,24,25). The number of fused-ring (bicyclic) bond motifs is 4. The second-order valence-electron chi connectivity index (χ2n) is 7.06. The van der Waals surface area contributed by atoms with Gasteiger partial charge in [0.2, 0.25) is 6.79 Å². The summed E-state index contributed by atoms with van der Waals surface area (Å²) in [6.45, 7) is 0.103. The summed E-state index contributed by atoms with van der Waals surface area (Å²) in [6.07, 6.45) is 1.39. The Hall–Kier alpha value is -4.40. The van der Waals surface area contributed by atoms with Crippen LogP contribution in [0, 0.1) is 0 Å². The zero-order valence-electron chi connectivity index (χ0n) is 16.2. The molecule has 31 heavy (non-hydrogen) atoms. The Bertz CT molecular complexity index is 1390. The zero-order valence-corrected chi connectivity index (χ0v) is 16.2.